The van der Waals surface area contributed by atoms with E-state index in [1.807, 2.05) is 37.3 Å². The van der Waals surface area contributed by atoms with Crippen molar-refractivity contribution in [3.8, 4) is 0 Å². The summed E-state index contributed by atoms with van der Waals surface area (Å²) in [6.45, 7) is 2.38. The standard InChI is InChI=1S/C17H24N2O4/c1-16(10-9-14(20)18-11-16)15(21)19-12-17(22-2,23-3)13-7-5-4-6-8-13/h4-8H,9-12H2,1-3H3,(H,18,20)(H,19,21). The molecule has 0 aliphatic carbocycles. The van der Waals surface area contributed by atoms with Crippen LogP contribution >= 0.6 is 0 Å². The molecule has 0 spiro atoms. The average molecular weight is 320 g/mol. The number of hydrogen-bond acceptors (Lipinski definition) is 4. The second-order valence-electron chi connectivity index (χ2n) is 6.05. The predicted octanol–water partition coefficient (Wildman–Crippen LogP) is 1.16. The van der Waals surface area contributed by atoms with Crippen LogP contribution in [0.4, 0.5) is 0 Å². The van der Waals surface area contributed by atoms with Gasteiger partial charge >= 0.3 is 0 Å². The van der Waals surface area contributed by atoms with E-state index in [2.05, 4.69) is 10.6 Å². The largest absolute Gasteiger partial charge is 0.355 e. The minimum atomic E-state index is -1.04. The number of hydrogen-bond donors (Lipinski definition) is 2. The van der Waals surface area contributed by atoms with Crippen molar-refractivity contribution < 1.29 is 19.1 Å². The molecular formula is C17H24N2O4. The summed E-state index contributed by atoms with van der Waals surface area (Å²) in [5.74, 6) is -1.17. The molecule has 1 aromatic rings. The van der Waals surface area contributed by atoms with E-state index < -0.39 is 11.2 Å². The molecule has 6 nitrogen and oxygen atoms in total. The van der Waals surface area contributed by atoms with Gasteiger partial charge in [0, 0.05) is 32.7 Å². The van der Waals surface area contributed by atoms with Crippen molar-refractivity contribution in [3.63, 3.8) is 0 Å². The third-order valence-corrected chi connectivity index (χ3v) is 4.48. The third kappa shape index (κ3) is 3.71. The molecule has 1 aliphatic heterocycles. The Hall–Kier alpha value is -1.92. The third-order valence-electron chi connectivity index (χ3n) is 4.48. The van der Waals surface area contributed by atoms with Gasteiger partial charge in [0.25, 0.3) is 0 Å². The van der Waals surface area contributed by atoms with Crippen molar-refractivity contribution in [3.05, 3.63) is 35.9 Å². The zero-order valence-electron chi connectivity index (χ0n) is 13.8. The summed E-state index contributed by atoms with van der Waals surface area (Å²) in [7, 11) is 3.09. The molecule has 2 N–H and O–H groups in total. The number of carbonyl (C=O) groups excluding carboxylic acids is 2. The lowest BCUT2D eigenvalue weighted by Crippen LogP contribution is -2.53. The number of amides is 2. The number of benzene rings is 1. The summed E-state index contributed by atoms with van der Waals surface area (Å²) in [6.07, 6.45) is 0.894. The van der Waals surface area contributed by atoms with Gasteiger partial charge in [-0.05, 0) is 13.3 Å². The van der Waals surface area contributed by atoms with Gasteiger partial charge in [-0.3, -0.25) is 9.59 Å². The number of ether oxygens (including phenoxy) is 2. The van der Waals surface area contributed by atoms with Crippen LogP contribution in [0, 0.1) is 5.41 Å². The van der Waals surface area contributed by atoms with Crippen LogP contribution in [0.3, 0.4) is 0 Å². The molecule has 1 aliphatic rings. The van der Waals surface area contributed by atoms with E-state index in [1.54, 1.807) is 14.2 Å². The average Bonchev–Trinajstić information content (AvgIpc) is 2.60. The number of nitrogens with one attached hydrogen (secondary N) is 2. The van der Waals surface area contributed by atoms with Crippen molar-refractivity contribution in [2.45, 2.75) is 25.6 Å². The maximum Gasteiger partial charge on any atom is 0.227 e. The topological polar surface area (TPSA) is 76.7 Å². The summed E-state index contributed by atoms with van der Waals surface area (Å²) >= 11 is 0. The molecule has 6 heteroatoms. The van der Waals surface area contributed by atoms with Gasteiger partial charge in [0.2, 0.25) is 17.6 Å². The molecule has 126 valence electrons. The van der Waals surface area contributed by atoms with Crippen LogP contribution < -0.4 is 10.6 Å². The fraction of sp³-hybridized carbons (Fsp3) is 0.529. The van der Waals surface area contributed by atoms with Crippen molar-refractivity contribution >= 4 is 11.8 Å². The second kappa shape index (κ2) is 7.10. The Labute approximate surface area is 136 Å². The lowest BCUT2D eigenvalue weighted by molar-refractivity contribution is -0.213. The van der Waals surface area contributed by atoms with E-state index in [9.17, 15) is 9.59 Å². The van der Waals surface area contributed by atoms with Gasteiger partial charge in [-0.1, -0.05) is 30.3 Å². The minimum absolute atomic E-state index is 0.0114. The second-order valence-corrected chi connectivity index (χ2v) is 6.05. The van der Waals surface area contributed by atoms with E-state index in [1.165, 1.54) is 0 Å². The SMILES string of the molecule is COC(CNC(=O)C1(C)CCC(=O)NC1)(OC)c1ccccc1. The Morgan fingerprint density at radius 3 is 2.48 bits per heavy atom. The molecule has 0 radical (unpaired) electrons. The van der Waals surface area contributed by atoms with Gasteiger partial charge in [-0.15, -0.1) is 0 Å². The number of piperidine rings is 1. The van der Waals surface area contributed by atoms with Crippen LogP contribution in [0.25, 0.3) is 0 Å². The van der Waals surface area contributed by atoms with E-state index in [0.29, 0.717) is 19.4 Å². The summed E-state index contributed by atoms with van der Waals surface area (Å²) in [6, 6.07) is 9.47. The van der Waals surface area contributed by atoms with Crippen LogP contribution in [0.1, 0.15) is 25.3 Å². The maximum atomic E-state index is 12.6. The summed E-state index contributed by atoms with van der Waals surface area (Å²) < 4.78 is 11.1. The molecule has 23 heavy (non-hydrogen) atoms. The molecule has 1 saturated heterocycles. The number of methoxy groups -OCH3 is 2. The first-order chi connectivity index (χ1) is 11.0. The molecule has 2 amide bonds. The van der Waals surface area contributed by atoms with Gasteiger partial charge in [0.15, 0.2) is 0 Å². The van der Waals surface area contributed by atoms with E-state index in [4.69, 9.17) is 9.47 Å². The van der Waals surface area contributed by atoms with E-state index in [-0.39, 0.29) is 18.4 Å². The molecule has 1 aromatic carbocycles. The molecule has 2 rings (SSSR count). The Balaban J connectivity index is 2.07. The molecule has 0 bridgehead atoms. The van der Waals surface area contributed by atoms with Crippen LogP contribution in [-0.2, 0) is 24.8 Å². The van der Waals surface area contributed by atoms with Gasteiger partial charge in [-0.2, -0.15) is 0 Å². The Morgan fingerprint density at radius 1 is 1.30 bits per heavy atom. The van der Waals surface area contributed by atoms with Crippen LogP contribution in [0.2, 0.25) is 0 Å². The van der Waals surface area contributed by atoms with Crippen molar-refractivity contribution in [2.24, 2.45) is 5.41 Å². The maximum absolute atomic E-state index is 12.6. The van der Waals surface area contributed by atoms with Gasteiger partial charge < -0.3 is 20.1 Å². The molecular weight excluding hydrogens is 296 g/mol. The molecule has 1 unspecified atom stereocenters. The fourth-order valence-corrected chi connectivity index (χ4v) is 2.72. The highest BCUT2D eigenvalue weighted by Crippen LogP contribution is 2.28. The normalized spacial score (nSPS) is 21.6. The highest BCUT2D eigenvalue weighted by molar-refractivity contribution is 5.86. The zero-order valence-corrected chi connectivity index (χ0v) is 13.8. The lowest BCUT2D eigenvalue weighted by Gasteiger charge is -2.35. The van der Waals surface area contributed by atoms with E-state index in [0.717, 1.165) is 5.56 Å². The first-order valence-electron chi connectivity index (χ1n) is 7.66. The number of carbonyl (C=O) groups is 2. The summed E-state index contributed by atoms with van der Waals surface area (Å²) in [5, 5.41) is 5.66. The smallest absolute Gasteiger partial charge is 0.227 e. The highest BCUT2D eigenvalue weighted by atomic mass is 16.7. The monoisotopic (exact) mass is 320 g/mol. The molecule has 1 fully saturated rings. The van der Waals surface area contributed by atoms with Crippen LogP contribution in [0.15, 0.2) is 30.3 Å². The predicted molar refractivity (Wildman–Crippen MR) is 85.5 cm³/mol. The first kappa shape index (κ1) is 17.4. The molecule has 0 saturated carbocycles. The summed E-state index contributed by atoms with van der Waals surface area (Å²) in [4.78, 5) is 23.8. The summed E-state index contributed by atoms with van der Waals surface area (Å²) in [5.41, 5.74) is 0.213. The Morgan fingerprint density at radius 2 is 1.96 bits per heavy atom. The molecule has 1 heterocycles. The van der Waals surface area contributed by atoms with Crippen molar-refractivity contribution in [2.75, 3.05) is 27.3 Å². The Bertz CT molecular complexity index is 545. The zero-order chi connectivity index (χ0) is 16.9. The van der Waals surface area contributed by atoms with Crippen LogP contribution in [-0.4, -0.2) is 39.1 Å². The van der Waals surface area contributed by atoms with Gasteiger partial charge in [0.1, 0.15) is 0 Å². The highest BCUT2D eigenvalue weighted by Gasteiger charge is 2.39. The van der Waals surface area contributed by atoms with E-state index >= 15 is 0 Å². The fourth-order valence-electron chi connectivity index (χ4n) is 2.72. The minimum Gasteiger partial charge on any atom is -0.355 e. The lowest BCUT2D eigenvalue weighted by atomic mass is 9.81. The number of rotatable bonds is 6. The first-order valence-corrected chi connectivity index (χ1v) is 7.66. The molecule has 1 atom stereocenters. The Kier molecular flexibility index (Phi) is 5.38. The van der Waals surface area contributed by atoms with Crippen molar-refractivity contribution in [1.82, 2.24) is 10.6 Å². The quantitative estimate of drug-likeness (QED) is 0.771. The van der Waals surface area contributed by atoms with Gasteiger partial charge in [-0.25, -0.2) is 0 Å². The van der Waals surface area contributed by atoms with Crippen LogP contribution in [0.5, 0.6) is 0 Å². The van der Waals surface area contributed by atoms with Gasteiger partial charge in [0.05, 0.1) is 12.0 Å². The van der Waals surface area contributed by atoms with Crippen molar-refractivity contribution in [1.29, 1.82) is 0 Å². The molecule has 0 aromatic heterocycles.